The molecule has 1 N–H and O–H groups in total. The van der Waals surface area contributed by atoms with Gasteiger partial charge in [-0.1, -0.05) is 30.0 Å². The molecule has 27 heavy (non-hydrogen) atoms. The summed E-state index contributed by atoms with van der Waals surface area (Å²) < 4.78 is 7.55. The Labute approximate surface area is 166 Å². The summed E-state index contributed by atoms with van der Waals surface area (Å²) >= 11 is 2.83. The van der Waals surface area contributed by atoms with Crippen molar-refractivity contribution >= 4 is 34.1 Å². The van der Waals surface area contributed by atoms with E-state index in [0.29, 0.717) is 22.7 Å². The van der Waals surface area contributed by atoms with Crippen LogP contribution in [0.3, 0.4) is 0 Å². The van der Waals surface area contributed by atoms with Crippen molar-refractivity contribution in [1.29, 1.82) is 0 Å². The van der Waals surface area contributed by atoms with E-state index < -0.39 is 0 Å². The average molecular weight is 404 g/mol. The van der Waals surface area contributed by atoms with Gasteiger partial charge in [0.05, 0.1) is 10.9 Å². The Morgan fingerprint density at radius 3 is 2.70 bits per heavy atom. The maximum absolute atomic E-state index is 12.4. The van der Waals surface area contributed by atoms with E-state index in [-0.39, 0.29) is 11.2 Å². The van der Waals surface area contributed by atoms with Gasteiger partial charge in [-0.2, -0.15) is 0 Å². The van der Waals surface area contributed by atoms with Gasteiger partial charge in [-0.25, -0.2) is 4.98 Å². The predicted molar refractivity (Wildman–Crippen MR) is 107 cm³/mol. The first kappa shape index (κ1) is 19.4. The molecule has 142 valence electrons. The highest BCUT2D eigenvalue weighted by Gasteiger charge is 2.20. The molecule has 0 radical (unpaired) electrons. The third-order valence-electron chi connectivity index (χ3n) is 3.95. The molecule has 1 amide bonds. The first-order chi connectivity index (χ1) is 12.9. The molecule has 0 aliphatic heterocycles. The van der Waals surface area contributed by atoms with Crippen molar-refractivity contribution in [3.05, 3.63) is 46.7 Å². The number of amides is 1. The Hall–Kier alpha value is -2.39. The fraction of sp³-hybridized carbons (Fsp3) is 0.333. The van der Waals surface area contributed by atoms with Crippen molar-refractivity contribution in [1.82, 2.24) is 19.7 Å². The van der Waals surface area contributed by atoms with E-state index in [4.69, 9.17) is 4.74 Å². The number of ether oxygens (including phenoxy) is 1. The Morgan fingerprint density at radius 1 is 1.30 bits per heavy atom. The van der Waals surface area contributed by atoms with Gasteiger partial charge < -0.3 is 14.6 Å². The number of nitrogens with one attached hydrogen (secondary N) is 1. The lowest BCUT2D eigenvalue weighted by molar-refractivity contribution is -0.115. The van der Waals surface area contributed by atoms with E-state index in [9.17, 15) is 4.79 Å². The highest BCUT2D eigenvalue weighted by atomic mass is 32.2. The number of benzene rings is 1. The van der Waals surface area contributed by atoms with Gasteiger partial charge >= 0.3 is 0 Å². The van der Waals surface area contributed by atoms with Crippen molar-refractivity contribution in [3.63, 3.8) is 0 Å². The van der Waals surface area contributed by atoms with Gasteiger partial charge in [-0.15, -0.1) is 21.5 Å². The van der Waals surface area contributed by atoms with Gasteiger partial charge in [0.2, 0.25) is 5.91 Å². The van der Waals surface area contributed by atoms with Crippen molar-refractivity contribution in [3.8, 4) is 5.75 Å². The summed E-state index contributed by atoms with van der Waals surface area (Å²) in [7, 11) is 1.87. The van der Waals surface area contributed by atoms with Crippen LogP contribution in [0.4, 0.5) is 5.13 Å². The van der Waals surface area contributed by atoms with Gasteiger partial charge in [-0.05, 0) is 32.9 Å². The molecule has 0 aliphatic carbocycles. The van der Waals surface area contributed by atoms with Gasteiger partial charge in [0, 0.05) is 11.9 Å². The minimum absolute atomic E-state index is 0.112. The van der Waals surface area contributed by atoms with Gasteiger partial charge in [0.1, 0.15) is 12.4 Å². The maximum Gasteiger partial charge on any atom is 0.239 e. The molecule has 0 saturated carbocycles. The number of thioether (sulfide) groups is 1. The SMILES string of the molecule is Cc1nc(NC(=O)[C@@H](C)Sc2nnc(COc3ccccc3)n2C)sc1C. The van der Waals surface area contributed by atoms with Crippen LogP contribution in [0.15, 0.2) is 35.5 Å². The molecular formula is C18H21N5O2S2. The van der Waals surface area contributed by atoms with Gasteiger partial charge in [-0.3, -0.25) is 4.79 Å². The molecule has 7 nitrogen and oxygen atoms in total. The summed E-state index contributed by atoms with van der Waals surface area (Å²) in [5.41, 5.74) is 0.937. The van der Waals surface area contributed by atoms with Crippen LogP contribution >= 0.6 is 23.1 Å². The second-order valence-corrected chi connectivity index (χ2v) is 8.48. The Balaban J connectivity index is 1.58. The smallest absolute Gasteiger partial charge is 0.239 e. The molecule has 0 spiro atoms. The normalized spacial score (nSPS) is 12.0. The monoisotopic (exact) mass is 403 g/mol. The van der Waals surface area contributed by atoms with Crippen molar-refractivity contribution < 1.29 is 9.53 Å². The number of aryl methyl sites for hydroxylation is 2. The zero-order chi connectivity index (χ0) is 19.4. The van der Waals surface area contributed by atoms with Crippen LogP contribution in [-0.2, 0) is 18.4 Å². The van der Waals surface area contributed by atoms with E-state index >= 15 is 0 Å². The molecule has 0 bridgehead atoms. The molecule has 2 aromatic heterocycles. The first-order valence-corrected chi connectivity index (χ1v) is 10.1. The van der Waals surface area contributed by atoms with Crippen molar-refractivity contribution in [2.24, 2.45) is 7.05 Å². The molecule has 0 fully saturated rings. The molecule has 2 heterocycles. The summed E-state index contributed by atoms with van der Waals surface area (Å²) in [5.74, 6) is 1.36. The molecule has 3 aromatic rings. The first-order valence-electron chi connectivity index (χ1n) is 8.41. The van der Waals surface area contributed by atoms with E-state index in [0.717, 1.165) is 16.3 Å². The quantitative estimate of drug-likeness (QED) is 0.607. The standard InChI is InChI=1S/C18H21N5O2S2/c1-11-12(2)26-17(19-11)20-16(24)13(3)27-18-22-21-15(23(18)4)10-25-14-8-6-5-7-9-14/h5-9,13H,10H2,1-4H3,(H,19,20,24)/t13-/m1/s1. The second kappa shape index (κ2) is 8.53. The number of carbonyl (C=O) groups excluding carboxylic acids is 1. The number of aromatic nitrogens is 4. The number of hydrogen-bond acceptors (Lipinski definition) is 7. The second-order valence-electron chi connectivity index (χ2n) is 5.97. The number of nitrogens with zero attached hydrogens (tertiary/aromatic N) is 4. The Kier molecular flexibility index (Phi) is 6.12. The highest BCUT2D eigenvalue weighted by Crippen LogP contribution is 2.25. The van der Waals surface area contributed by atoms with Crippen LogP contribution in [0.1, 0.15) is 23.3 Å². The van der Waals surface area contributed by atoms with Gasteiger partial charge in [0.15, 0.2) is 16.1 Å². The lowest BCUT2D eigenvalue weighted by atomic mass is 10.3. The fourth-order valence-corrected chi connectivity index (χ4v) is 3.83. The molecule has 9 heteroatoms. The average Bonchev–Trinajstić information content (AvgIpc) is 3.16. The fourth-order valence-electron chi connectivity index (χ4n) is 2.18. The summed E-state index contributed by atoms with van der Waals surface area (Å²) in [5, 5.41) is 12.2. The summed E-state index contributed by atoms with van der Waals surface area (Å²) in [6.45, 7) is 6.06. The topological polar surface area (TPSA) is 81.9 Å². The van der Waals surface area contributed by atoms with Crippen LogP contribution in [-0.4, -0.2) is 30.9 Å². The minimum Gasteiger partial charge on any atom is -0.486 e. The van der Waals surface area contributed by atoms with Crippen LogP contribution in [0.25, 0.3) is 0 Å². The molecule has 1 aromatic carbocycles. The number of anilines is 1. The minimum atomic E-state index is -0.333. The maximum atomic E-state index is 12.4. The van der Waals surface area contributed by atoms with Crippen LogP contribution in [0, 0.1) is 13.8 Å². The van der Waals surface area contributed by atoms with Crippen LogP contribution < -0.4 is 10.1 Å². The molecule has 0 unspecified atom stereocenters. The van der Waals surface area contributed by atoms with Crippen LogP contribution in [0.5, 0.6) is 5.75 Å². The van der Waals surface area contributed by atoms with Gasteiger partial charge in [0.25, 0.3) is 0 Å². The zero-order valence-electron chi connectivity index (χ0n) is 15.6. The van der Waals surface area contributed by atoms with Crippen molar-refractivity contribution in [2.75, 3.05) is 5.32 Å². The molecular weight excluding hydrogens is 382 g/mol. The number of rotatable bonds is 7. The molecule has 0 saturated heterocycles. The Morgan fingerprint density at radius 2 is 2.04 bits per heavy atom. The molecule has 1 atom stereocenters. The number of carbonyl (C=O) groups is 1. The lowest BCUT2D eigenvalue weighted by Gasteiger charge is -2.10. The van der Waals surface area contributed by atoms with E-state index in [2.05, 4.69) is 20.5 Å². The lowest BCUT2D eigenvalue weighted by Crippen LogP contribution is -2.22. The van der Waals surface area contributed by atoms with E-state index in [1.807, 2.05) is 62.7 Å². The third-order valence-corrected chi connectivity index (χ3v) is 6.07. The predicted octanol–water partition coefficient (Wildman–Crippen LogP) is 3.59. The summed E-state index contributed by atoms with van der Waals surface area (Å²) in [6, 6.07) is 9.55. The van der Waals surface area contributed by atoms with Crippen molar-refractivity contribution in [2.45, 2.75) is 37.8 Å². The third kappa shape index (κ3) is 4.86. The van der Waals surface area contributed by atoms with E-state index in [1.54, 1.807) is 0 Å². The molecule has 3 rings (SSSR count). The largest absolute Gasteiger partial charge is 0.486 e. The number of hydrogen-bond donors (Lipinski definition) is 1. The zero-order valence-corrected chi connectivity index (χ0v) is 17.2. The highest BCUT2D eigenvalue weighted by molar-refractivity contribution is 8.00. The van der Waals surface area contributed by atoms with Crippen LogP contribution in [0.2, 0.25) is 0 Å². The number of para-hydroxylation sites is 1. The summed E-state index contributed by atoms with van der Waals surface area (Å²) in [6.07, 6.45) is 0. The van der Waals surface area contributed by atoms with E-state index in [1.165, 1.54) is 23.1 Å². The number of thiazole rings is 1. The summed E-state index contributed by atoms with van der Waals surface area (Å²) in [4.78, 5) is 17.9. The Bertz CT molecular complexity index is 904. The molecule has 0 aliphatic rings.